The number of fused-ring (bicyclic) bond motifs is 6. The van der Waals surface area contributed by atoms with Gasteiger partial charge in [0.1, 0.15) is 6.07 Å². The van der Waals surface area contributed by atoms with Gasteiger partial charge >= 0.3 is 0 Å². The van der Waals surface area contributed by atoms with Crippen LogP contribution in [-0.4, -0.2) is 15.0 Å². The molecule has 342 valence electrons. The Balaban J connectivity index is 0.801. The number of hydrogen-bond acceptors (Lipinski definition) is 4. The molecule has 0 bridgehead atoms. The zero-order chi connectivity index (χ0) is 49.1. The summed E-state index contributed by atoms with van der Waals surface area (Å²) in [4.78, 5) is 15.3. The Kier molecular flexibility index (Phi) is 10.2. The molecule has 0 atom stereocenters. The lowest BCUT2D eigenvalue weighted by Gasteiger charge is -2.15. The van der Waals surface area contributed by atoms with E-state index in [1.54, 1.807) is 0 Å². The first-order chi connectivity index (χ1) is 36.6. The summed E-state index contributed by atoms with van der Waals surface area (Å²) in [5, 5.41) is 18.4. The lowest BCUT2D eigenvalue weighted by atomic mass is 9.88. The number of benzene rings is 12. The van der Waals surface area contributed by atoms with Crippen molar-refractivity contribution in [3.63, 3.8) is 0 Å². The normalized spacial score (nSPS) is 11.5. The predicted molar refractivity (Wildman–Crippen MR) is 305 cm³/mol. The molecule has 0 saturated carbocycles. The highest BCUT2D eigenvalue weighted by Gasteiger charge is 2.23. The van der Waals surface area contributed by atoms with Gasteiger partial charge in [0, 0.05) is 27.8 Å². The molecule has 1 aromatic heterocycles. The Bertz CT molecular complexity index is 4390. The van der Waals surface area contributed by atoms with Crippen molar-refractivity contribution in [2.75, 3.05) is 0 Å². The molecule has 14 rings (SSSR count). The van der Waals surface area contributed by atoms with Crippen molar-refractivity contribution < 1.29 is 0 Å². The van der Waals surface area contributed by atoms with Crippen LogP contribution in [0.2, 0.25) is 0 Å². The van der Waals surface area contributed by atoms with E-state index in [0.29, 0.717) is 23.0 Å². The second-order valence-corrected chi connectivity index (χ2v) is 18.9. The molecule has 4 heteroatoms. The largest absolute Gasteiger partial charge is 0.208 e. The maximum Gasteiger partial charge on any atom is 0.164 e. The van der Waals surface area contributed by atoms with E-state index in [4.69, 9.17) is 15.0 Å². The molecule has 0 unspecified atom stereocenters. The van der Waals surface area contributed by atoms with Gasteiger partial charge in [-0.05, 0) is 111 Å². The Morgan fingerprint density at radius 3 is 1.36 bits per heavy atom. The maximum atomic E-state index is 10.9. The molecule has 1 aliphatic carbocycles. The summed E-state index contributed by atoms with van der Waals surface area (Å²) in [6.45, 7) is 0. The third-order valence-corrected chi connectivity index (χ3v) is 14.8. The molecule has 1 aliphatic rings. The number of nitriles is 1. The second kappa shape index (κ2) is 17.6. The molecule has 1 heterocycles. The van der Waals surface area contributed by atoms with E-state index in [0.717, 1.165) is 55.6 Å². The predicted octanol–water partition coefficient (Wildman–Crippen LogP) is 18.2. The van der Waals surface area contributed by atoms with Gasteiger partial charge in [0.05, 0.1) is 5.56 Å². The highest BCUT2D eigenvalue weighted by Crippen LogP contribution is 2.50. The zero-order valence-electron chi connectivity index (χ0n) is 40.0. The van der Waals surface area contributed by atoms with Crippen LogP contribution in [0.5, 0.6) is 0 Å². The average molecular weight is 939 g/mol. The minimum absolute atomic E-state index is 0.549. The van der Waals surface area contributed by atoms with Gasteiger partial charge in [-0.3, -0.25) is 0 Å². The molecule has 0 amide bonds. The van der Waals surface area contributed by atoms with Gasteiger partial charge in [0.2, 0.25) is 0 Å². The Morgan fingerprint density at radius 1 is 0.243 bits per heavy atom. The fraction of sp³-hybridized carbons (Fsp3) is 0. The standard InChI is InChI=1S/C70H42N4/c71-43-66-53(45-33-31-44(32-34-45)52-20-6-7-22-56(52)61-39-40-64-59-25-10-9-24-58(59)62-29-14-30-63(61)67(62)64)27-13-28-55(66)49-18-12-19-51(41-49)70-73-68(47-15-2-1-3-16-47)72-69(74-70)48-37-35-46(36-38-48)65-42-50-17-4-5-21-54(50)57-23-8-11-26-60(57)65/h1-42H. The zero-order valence-corrected chi connectivity index (χ0v) is 40.0. The van der Waals surface area contributed by atoms with Crippen molar-refractivity contribution in [2.45, 2.75) is 0 Å². The van der Waals surface area contributed by atoms with Crippen LogP contribution in [0.15, 0.2) is 255 Å². The Morgan fingerprint density at radius 2 is 0.662 bits per heavy atom. The van der Waals surface area contributed by atoms with Crippen LogP contribution < -0.4 is 0 Å². The van der Waals surface area contributed by atoms with Crippen LogP contribution in [0, 0.1) is 11.3 Å². The number of hydrogen-bond donors (Lipinski definition) is 0. The molecule has 0 N–H and O–H groups in total. The summed E-state index contributed by atoms with van der Waals surface area (Å²) in [5.74, 6) is 1.71. The van der Waals surface area contributed by atoms with Gasteiger partial charge in [-0.15, -0.1) is 0 Å². The van der Waals surface area contributed by atoms with Gasteiger partial charge in [0.25, 0.3) is 0 Å². The van der Waals surface area contributed by atoms with Gasteiger partial charge in [-0.1, -0.05) is 243 Å². The van der Waals surface area contributed by atoms with Crippen LogP contribution in [0.4, 0.5) is 0 Å². The Labute approximate surface area is 428 Å². The lowest BCUT2D eigenvalue weighted by molar-refractivity contribution is 1.07. The van der Waals surface area contributed by atoms with E-state index in [1.165, 1.54) is 71.3 Å². The van der Waals surface area contributed by atoms with Gasteiger partial charge in [-0.2, -0.15) is 5.26 Å². The summed E-state index contributed by atoms with van der Waals surface area (Å²) in [5.41, 5.74) is 18.9. The Hall–Kier alpha value is -10.1. The first-order valence-electron chi connectivity index (χ1n) is 25.0. The summed E-state index contributed by atoms with van der Waals surface area (Å²) < 4.78 is 0. The topological polar surface area (TPSA) is 62.5 Å². The molecule has 12 aromatic carbocycles. The summed E-state index contributed by atoms with van der Waals surface area (Å²) >= 11 is 0. The highest BCUT2D eigenvalue weighted by atomic mass is 15.0. The van der Waals surface area contributed by atoms with Crippen molar-refractivity contribution in [1.82, 2.24) is 15.0 Å². The lowest BCUT2D eigenvalue weighted by Crippen LogP contribution is -2.00. The first kappa shape index (κ1) is 42.8. The van der Waals surface area contributed by atoms with E-state index >= 15 is 0 Å². The van der Waals surface area contributed by atoms with Crippen LogP contribution >= 0.6 is 0 Å². The van der Waals surface area contributed by atoms with Gasteiger partial charge in [0.15, 0.2) is 17.5 Å². The van der Waals surface area contributed by atoms with Crippen molar-refractivity contribution in [3.8, 4) is 118 Å². The second-order valence-electron chi connectivity index (χ2n) is 18.9. The van der Waals surface area contributed by atoms with Crippen LogP contribution in [-0.2, 0) is 0 Å². The number of nitrogens with zero attached hydrogens (tertiary/aromatic N) is 4. The van der Waals surface area contributed by atoms with E-state index in [9.17, 15) is 5.26 Å². The van der Waals surface area contributed by atoms with Crippen molar-refractivity contribution in [3.05, 3.63) is 260 Å². The quantitative estimate of drug-likeness (QED) is 0.142. The van der Waals surface area contributed by atoms with Crippen molar-refractivity contribution >= 4 is 32.3 Å². The minimum atomic E-state index is 0.549. The molecule has 0 aliphatic heterocycles. The highest BCUT2D eigenvalue weighted by molar-refractivity contribution is 6.19. The van der Waals surface area contributed by atoms with E-state index in [-0.39, 0.29) is 0 Å². The van der Waals surface area contributed by atoms with Crippen molar-refractivity contribution in [2.24, 2.45) is 0 Å². The molecule has 0 radical (unpaired) electrons. The molecule has 74 heavy (non-hydrogen) atoms. The SMILES string of the molecule is N#Cc1c(-c2ccc(-c3ccccc3-c3ccc4c5c(cccc35)-c3ccccc3-4)cc2)cccc1-c1cccc(-c2nc(-c3ccccc3)nc(-c3ccc(-c4cc5ccccc5c5ccccc45)cc3)n2)c1. The summed E-state index contributed by atoms with van der Waals surface area (Å²) in [7, 11) is 0. The molecule has 0 fully saturated rings. The van der Waals surface area contributed by atoms with Crippen molar-refractivity contribution in [1.29, 1.82) is 5.26 Å². The molecule has 0 spiro atoms. The molecule has 0 saturated heterocycles. The first-order valence-corrected chi connectivity index (χ1v) is 25.0. The monoisotopic (exact) mass is 938 g/mol. The molecule has 13 aromatic rings. The minimum Gasteiger partial charge on any atom is -0.208 e. The van der Waals surface area contributed by atoms with Crippen LogP contribution in [0.3, 0.4) is 0 Å². The fourth-order valence-electron chi connectivity index (χ4n) is 11.3. The number of aromatic nitrogens is 3. The van der Waals surface area contributed by atoms with Gasteiger partial charge in [-0.25, -0.2) is 15.0 Å². The van der Waals surface area contributed by atoms with Gasteiger partial charge < -0.3 is 0 Å². The van der Waals surface area contributed by atoms with Crippen LogP contribution in [0.1, 0.15) is 5.56 Å². The third kappa shape index (κ3) is 7.18. The summed E-state index contributed by atoms with van der Waals surface area (Å²) in [6.07, 6.45) is 0. The molecular weight excluding hydrogens is 897 g/mol. The average Bonchev–Trinajstić information content (AvgIpc) is 3.82. The smallest absolute Gasteiger partial charge is 0.164 e. The fourth-order valence-corrected chi connectivity index (χ4v) is 11.3. The molecule has 4 nitrogen and oxygen atoms in total. The molecular formula is C70H42N4. The maximum absolute atomic E-state index is 10.9. The van der Waals surface area contributed by atoms with E-state index in [2.05, 4.69) is 200 Å². The summed E-state index contributed by atoms with van der Waals surface area (Å²) in [6, 6.07) is 92.2. The van der Waals surface area contributed by atoms with E-state index < -0.39 is 0 Å². The third-order valence-electron chi connectivity index (χ3n) is 14.8. The van der Waals surface area contributed by atoms with E-state index in [1.807, 2.05) is 60.7 Å². The number of rotatable bonds is 8. The van der Waals surface area contributed by atoms with Crippen LogP contribution in [0.25, 0.3) is 144 Å².